The fraction of sp³-hybridized carbons (Fsp3) is 0. The predicted molar refractivity (Wildman–Crippen MR) is 65.5 cm³/mol. The third-order valence-corrected chi connectivity index (χ3v) is 2.38. The molecule has 0 aliphatic heterocycles. The Morgan fingerprint density at radius 1 is 1.26 bits per heavy atom. The summed E-state index contributed by atoms with van der Waals surface area (Å²) < 4.78 is 13.1. The molecule has 2 rings (SSSR count). The van der Waals surface area contributed by atoms with Gasteiger partial charge in [-0.05, 0) is 30.3 Å². The Hall–Kier alpha value is -2.76. The van der Waals surface area contributed by atoms with Crippen molar-refractivity contribution in [3.05, 3.63) is 59.7 Å². The lowest BCUT2D eigenvalue weighted by Crippen LogP contribution is -2.15. The lowest BCUT2D eigenvalue weighted by Gasteiger charge is -2.08. The SMILES string of the molecule is O=C(Nc1cc(F)ccc1C(=O)O)c1cccnc1. The van der Waals surface area contributed by atoms with E-state index in [2.05, 4.69) is 10.3 Å². The molecular weight excluding hydrogens is 251 g/mol. The van der Waals surface area contributed by atoms with Crippen LogP contribution in [0.15, 0.2) is 42.7 Å². The average molecular weight is 260 g/mol. The van der Waals surface area contributed by atoms with Gasteiger partial charge in [0.1, 0.15) is 5.82 Å². The number of nitrogens with zero attached hydrogens (tertiary/aromatic N) is 1. The topological polar surface area (TPSA) is 79.3 Å². The first kappa shape index (κ1) is 12.7. The number of aromatic carboxylic acids is 1. The van der Waals surface area contributed by atoms with Crippen LogP contribution in [-0.2, 0) is 0 Å². The number of carbonyl (C=O) groups excluding carboxylic acids is 1. The molecule has 0 saturated carbocycles. The first-order chi connectivity index (χ1) is 9.08. The summed E-state index contributed by atoms with van der Waals surface area (Å²) in [6.07, 6.45) is 2.83. The van der Waals surface area contributed by atoms with Crippen molar-refractivity contribution in [1.29, 1.82) is 0 Å². The fourth-order valence-corrected chi connectivity index (χ4v) is 1.50. The number of pyridine rings is 1. The molecule has 0 aliphatic rings. The molecule has 0 radical (unpaired) electrons. The maximum absolute atomic E-state index is 13.1. The van der Waals surface area contributed by atoms with Crippen LogP contribution in [0.1, 0.15) is 20.7 Å². The monoisotopic (exact) mass is 260 g/mol. The number of aromatic nitrogens is 1. The van der Waals surface area contributed by atoms with E-state index in [1.54, 1.807) is 6.07 Å². The lowest BCUT2D eigenvalue weighted by molar-refractivity contribution is 0.0698. The van der Waals surface area contributed by atoms with Crippen LogP contribution in [0.25, 0.3) is 0 Å². The normalized spacial score (nSPS) is 9.95. The summed E-state index contributed by atoms with van der Waals surface area (Å²) in [5.41, 5.74) is -0.0249. The van der Waals surface area contributed by atoms with Gasteiger partial charge in [-0.3, -0.25) is 9.78 Å². The number of hydrogen-bond acceptors (Lipinski definition) is 3. The molecule has 1 heterocycles. The van der Waals surface area contributed by atoms with Crippen molar-refractivity contribution in [2.45, 2.75) is 0 Å². The molecule has 2 N–H and O–H groups in total. The first-order valence-electron chi connectivity index (χ1n) is 5.32. The molecule has 0 fully saturated rings. The van der Waals surface area contributed by atoms with Crippen LogP contribution in [0.4, 0.5) is 10.1 Å². The van der Waals surface area contributed by atoms with Crippen LogP contribution in [0.5, 0.6) is 0 Å². The van der Waals surface area contributed by atoms with E-state index in [-0.39, 0.29) is 16.8 Å². The van der Waals surface area contributed by atoms with Crippen LogP contribution in [0.2, 0.25) is 0 Å². The Kier molecular flexibility index (Phi) is 3.51. The Bertz CT molecular complexity index is 629. The van der Waals surface area contributed by atoms with E-state index in [0.29, 0.717) is 0 Å². The molecule has 1 amide bonds. The molecule has 0 bridgehead atoms. The maximum atomic E-state index is 13.1. The Morgan fingerprint density at radius 3 is 2.68 bits per heavy atom. The highest BCUT2D eigenvalue weighted by atomic mass is 19.1. The number of carboxylic acids is 1. The van der Waals surface area contributed by atoms with E-state index in [4.69, 9.17) is 5.11 Å². The molecule has 0 aliphatic carbocycles. The van der Waals surface area contributed by atoms with Gasteiger partial charge in [-0.15, -0.1) is 0 Å². The van der Waals surface area contributed by atoms with Crippen molar-refractivity contribution in [2.24, 2.45) is 0 Å². The number of carbonyl (C=O) groups is 2. The van der Waals surface area contributed by atoms with E-state index in [1.807, 2.05) is 0 Å². The number of hydrogen-bond donors (Lipinski definition) is 2. The second-order valence-corrected chi connectivity index (χ2v) is 3.69. The van der Waals surface area contributed by atoms with Crippen LogP contribution in [0, 0.1) is 5.82 Å². The molecule has 6 heteroatoms. The number of nitrogens with one attached hydrogen (secondary N) is 1. The van der Waals surface area contributed by atoms with Gasteiger partial charge in [-0.25, -0.2) is 9.18 Å². The molecule has 2 aromatic rings. The van der Waals surface area contributed by atoms with Crippen LogP contribution >= 0.6 is 0 Å². The summed E-state index contributed by atoms with van der Waals surface area (Å²) in [4.78, 5) is 26.6. The third-order valence-electron chi connectivity index (χ3n) is 2.38. The second-order valence-electron chi connectivity index (χ2n) is 3.69. The number of halogens is 1. The smallest absolute Gasteiger partial charge is 0.337 e. The van der Waals surface area contributed by atoms with Crippen LogP contribution in [0.3, 0.4) is 0 Å². The number of benzene rings is 1. The van der Waals surface area contributed by atoms with Crippen molar-refractivity contribution in [2.75, 3.05) is 5.32 Å². The van der Waals surface area contributed by atoms with Gasteiger partial charge >= 0.3 is 5.97 Å². The van der Waals surface area contributed by atoms with Gasteiger partial charge in [0, 0.05) is 12.4 Å². The lowest BCUT2D eigenvalue weighted by atomic mass is 10.1. The summed E-state index contributed by atoms with van der Waals surface area (Å²) in [7, 11) is 0. The van der Waals surface area contributed by atoms with Gasteiger partial charge in [-0.2, -0.15) is 0 Å². The predicted octanol–water partition coefficient (Wildman–Crippen LogP) is 2.17. The van der Waals surface area contributed by atoms with E-state index in [9.17, 15) is 14.0 Å². The van der Waals surface area contributed by atoms with Crippen molar-refractivity contribution in [3.8, 4) is 0 Å². The van der Waals surface area contributed by atoms with Gasteiger partial charge in [0.2, 0.25) is 0 Å². The maximum Gasteiger partial charge on any atom is 0.337 e. The number of carboxylic acid groups (broad SMARTS) is 1. The molecule has 0 spiro atoms. The standard InChI is InChI=1S/C13H9FN2O3/c14-9-3-4-10(13(18)19)11(6-9)16-12(17)8-2-1-5-15-7-8/h1-7H,(H,16,17)(H,18,19). The van der Waals surface area contributed by atoms with Crippen molar-refractivity contribution >= 4 is 17.6 Å². The van der Waals surface area contributed by atoms with Crippen LogP contribution in [-0.4, -0.2) is 22.0 Å². The summed E-state index contributed by atoms with van der Waals surface area (Å²) in [5.74, 6) is -2.44. The molecule has 1 aromatic carbocycles. The van der Waals surface area contributed by atoms with Gasteiger partial charge in [0.25, 0.3) is 5.91 Å². The van der Waals surface area contributed by atoms with Gasteiger partial charge in [0.05, 0.1) is 16.8 Å². The molecular formula is C13H9FN2O3. The summed E-state index contributed by atoms with van der Waals surface area (Å²) >= 11 is 0. The first-order valence-corrected chi connectivity index (χ1v) is 5.32. The molecule has 1 aromatic heterocycles. The average Bonchev–Trinajstić information content (AvgIpc) is 2.39. The molecule has 19 heavy (non-hydrogen) atoms. The third kappa shape index (κ3) is 2.92. The molecule has 96 valence electrons. The highest BCUT2D eigenvalue weighted by Gasteiger charge is 2.14. The molecule has 0 atom stereocenters. The minimum Gasteiger partial charge on any atom is -0.478 e. The zero-order valence-electron chi connectivity index (χ0n) is 9.63. The molecule has 5 nitrogen and oxygen atoms in total. The summed E-state index contributed by atoms with van der Waals surface area (Å²) in [6.45, 7) is 0. The largest absolute Gasteiger partial charge is 0.478 e. The van der Waals surface area contributed by atoms with Crippen molar-refractivity contribution in [3.63, 3.8) is 0 Å². The summed E-state index contributed by atoms with van der Waals surface area (Å²) in [5, 5.41) is 11.3. The van der Waals surface area contributed by atoms with E-state index < -0.39 is 17.7 Å². The van der Waals surface area contributed by atoms with Crippen molar-refractivity contribution in [1.82, 2.24) is 4.98 Å². The van der Waals surface area contributed by atoms with E-state index >= 15 is 0 Å². The highest BCUT2D eigenvalue weighted by Crippen LogP contribution is 2.18. The van der Waals surface area contributed by atoms with Gasteiger partial charge in [-0.1, -0.05) is 0 Å². The molecule has 0 unspecified atom stereocenters. The Labute approximate surface area is 107 Å². The number of rotatable bonds is 3. The number of anilines is 1. The highest BCUT2D eigenvalue weighted by molar-refractivity contribution is 6.07. The Morgan fingerprint density at radius 2 is 2.05 bits per heavy atom. The van der Waals surface area contributed by atoms with E-state index in [1.165, 1.54) is 18.5 Å². The number of amides is 1. The van der Waals surface area contributed by atoms with Gasteiger partial charge in [0.15, 0.2) is 0 Å². The zero-order chi connectivity index (χ0) is 13.8. The molecule has 0 saturated heterocycles. The minimum absolute atomic E-state index is 0.0960. The second kappa shape index (κ2) is 5.26. The summed E-state index contributed by atoms with van der Waals surface area (Å²) in [6, 6.07) is 6.15. The van der Waals surface area contributed by atoms with Crippen LogP contribution < -0.4 is 5.32 Å². The zero-order valence-corrected chi connectivity index (χ0v) is 9.63. The fourth-order valence-electron chi connectivity index (χ4n) is 1.50. The van der Waals surface area contributed by atoms with Crippen molar-refractivity contribution < 1.29 is 19.1 Å². The van der Waals surface area contributed by atoms with Gasteiger partial charge < -0.3 is 10.4 Å². The minimum atomic E-state index is -1.25. The Balaban J connectivity index is 2.31. The van der Waals surface area contributed by atoms with E-state index in [0.717, 1.165) is 18.2 Å². The quantitative estimate of drug-likeness (QED) is 0.886.